The highest BCUT2D eigenvalue weighted by Crippen LogP contribution is 2.27. The first-order chi connectivity index (χ1) is 7.72. The van der Waals surface area contributed by atoms with Crippen molar-refractivity contribution in [3.8, 4) is 11.8 Å². The molecular weight excluding hydrogens is 224 g/mol. The predicted octanol–water partition coefficient (Wildman–Crippen LogP) is 3.12. The van der Waals surface area contributed by atoms with Crippen LogP contribution in [0.5, 0.6) is 5.75 Å². The van der Waals surface area contributed by atoms with Crippen molar-refractivity contribution >= 4 is 17.3 Å². The maximum Gasteiger partial charge on any atom is 0.143 e. The Morgan fingerprint density at radius 3 is 2.94 bits per heavy atom. The van der Waals surface area contributed by atoms with Crippen molar-refractivity contribution in [1.82, 2.24) is 0 Å². The third-order valence-corrected chi connectivity index (χ3v) is 2.47. The Hall–Kier alpha value is -1.66. The fourth-order valence-electron chi connectivity index (χ4n) is 1.24. The third-order valence-electron chi connectivity index (χ3n) is 2.10. The van der Waals surface area contributed by atoms with Crippen LogP contribution in [0.3, 0.4) is 0 Å². The minimum Gasteiger partial charge on any atom is -0.495 e. The van der Waals surface area contributed by atoms with Crippen LogP contribution in [0.2, 0.25) is 0 Å². The summed E-state index contributed by atoms with van der Waals surface area (Å²) in [7, 11) is 1.58. The van der Waals surface area contributed by atoms with E-state index in [9.17, 15) is 0 Å². The summed E-state index contributed by atoms with van der Waals surface area (Å²) < 4.78 is 5.19. The third kappa shape index (κ3) is 2.91. The van der Waals surface area contributed by atoms with Crippen LogP contribution in [0.4, 0.5) is 5.69 Å². The summed E-state index contributed by atoms with van der Waals surface area (Å²) in [6.45, 7) is 2.49. The van der Waals surface area contributed by atoms with Crippen molar-refractivity contribution in [2.75, 3.05) is 19.0 Å². The average Bonchev–Trinajstić information content (AvgIpc) is 2.35. The number of methoxy groups -OCH3 is 1. The van der Waals surface area contributed by atoms with Gasteiger partial charge < -0.3 is 10.1 Å². The molecule has 0 fully saturated rings. The van der Waals surface area contributed by atoms with Gasteiger partial charge in [-0.25, -0.2) is 0 Å². The molecule has 0 spiro atoms. The summed E-state index contributed by atoms with van der Waals surface area (Å²) in [5, 5.41) is 12.1. The normalized spacial score (nSPS) is 10.8. The number of benzene rings is 1. The van der Waals surface area contributed by atoms with E-state index in [1.54, 1.807) is 19.2 Å². The maximum atomic E-state index is 8.97. The zero-order chi connectivity index (χ0) is 12.0. The average molecular weight is 237 g/mol. The SMILES string of the molecule is COc1cccc(C#N)c1NC/C(C)=C/Cl. The topological polar surface area (TPSA) is 45.0 Å². The monoisotopic (exact) mass is 236 g/mol. The van der Waals surface area contributed by atoms with Gasteiger partial charge in [0.1, 0.15) is 11.8 Å². The van der Waals surface area contributed by atoms with Crippen LogP contribution in [-0.4, -0.2) is 13.7 Å². The van der Waals surface area contributed by atoms with E-state index in [4.69, 9.17) is 21.6 Å². The molecule has 3 nitrogen and oxygen atoms in total. The van der Waals surface area contributed by atoms with E-state index >= 15 is 0 Å². The van der Waals surface area contributed by atoms with Crippen molar-refractivity contribution in [3.05, 3.63) is 34.9 Å². The number of halogens is 1. The van der Waals surface area contributed by atoms with Gasteiger partial charge in [0, 0.05) is 12.1 Å². The van der Waals surface area contributed by atoms with Gasteiger partial charge in [-0.2, -0.15) is 5.26 Å². The molecule has 1 rings (SSSR count). The quantitative estimate of drug-likeness (QED) is 0.874. The number of hydrogen-bond donors (Lipinski definition) is 1. The fourth-order valence-corrected chi connectivity index (χ4v) is 1.32. The minimum atomic E-state index is 0.557. The first-order valence-corrected chi connectivity index (χ1v) is 5.23. The molecule has 0 radical (unpaired) electrons. The number of ether oxygens (including phenoxy) is 1. The van der Waals surface area contributed by atoms with Crippen molar-refractivity contribution < 1.29 is 4.74 Å². The lowest BCUT2D eigenvalue weighted by atomic mass is 10.1. The zero-order valence-corrected chi connectivity index (χ0v) is 10.0. The van der Waals surface area contributed by atoms with E-state index in [0.29, 0.717) is 23.5 Å². The summed E-state index contributed by atoms with van der Waals surface area (Å²) in [6.07, 6.45) is 0. The lowest BCUT2D eigenvalue weighted by Gasteiger charge is -2.12. The first kappa shape index (κ1) is 12.4. The number of anilines is 1. The largest absolute Gasteiger partial charge is 0.495 e. The Kier molecular flexibility index (Phi) is 4.68. The molecule has 84 valence electrons. The molecule has 1 N–H and O–H groups in total. The van der Waals surface area contributed by atoms with Gasteiger partial charge >= 0.3 is 0 Å². The molecule has 4 heteroatoms. The highest BCUT2D eigenvalue weighted by atomic mass is 35.5. The van der Waals surface area contributed by atoms with Gasteiger partial charge in [-0.05, 0) is 24.6 Å². The standard InChI is InChI=1S/C12H13ClN2O/c1-9(6-13)8-15-12-10(7-14)4-3-5-11(12)16-2/h3-6,15H,8H2,1-2H3/b9-6+. The van der Waals surface area contributed by atoms with Crippen molar-refractivity contribution in [1.29, 1.82) is 5.26 Å². The molecule has 0 aliphatic rings. The molecule has 0 unspecified atom stereocenters. The molecule has 0 aliphatic carbocycles. The van der Waals surface area contributed by atoms with Gasteiger partial charge in [-0.1, -0.05) is 17.7 Å². The van der Waals surface area contributed by atoms with Gasteiger partial charge in [-0.3, -0.25) is 0 Å². The molecule has 1 aromatic rings. The van der Waals surface area contributed by atoms with Crippen LogP contribution in [0, 0.1) is 11.3 Å². The van der Waals surface area contributed by atoms with Gasteiger partial charge in [0.25, 0.3) is 0 Å². The number of nitrogens with zero attached hydrogens (tertiary/aromatic N) is 1. The van der Waals surface area contributed by atoms with Crippen LogP contribution in [-0.2, 0) is 0 Å². The minimum absolute atomic E-state index is 0.557. The summed E-state index contributed by atoms with van der Waals surface area (Å²) in [5.41, 5.74) is 3.75. The van der Waals surface area contributed by atoms with Crippen molar-refractivity contribution in [2.24, 2.45) is 0 Å². The molecule has 1 aromatic carbocycles. The van der Waals surface area contributed by atoms with Gasteiger partial charge in [0.2, 0.25) is 0 Å². The molecule has 0 saturated heterocycles. The maximum absolute atomic E-state index is 8.97. The van der Waals surface area contributed by atoms with E-state index in [-0.39, 0.29) is 0 Å². The molecule has 0 atom stereocenters. The molecule has 0 aromatic heterocycles. The Labute approximate surface area is 100 Å². The van der Waals surface area contributed by atoms with Gasteiger partial charge in [0.05, 0.1) is 18.4 Å². The summed E-state index contributed by atoms with van der Waals surface area (Å²) in [6, 6.07) is 7.45. The summed E-state index contributed by atoms with van der Waals surface area (Å²) in [4.78, 5) is 0. The van der Waals surface area contributed by atoms with E-state index in [1.807, 2.05) is 13.0 Å². The van der Waals surface area contributed by atoms with E-state index in [2.05, 4.69) is 11.4 Å². The zero-order valence-electron chi connectivity index (χ0n) is 9.25. The summed E-state index contributed by atoms with van der Waals surface area (Å²) in [5.74, 6) is 0.654. The smallest absolute Gasteiger partial charge is 0.143 e. The highest BCUT2D eigenvalue weighted by molar-refractivity contribution is 6.25. The van der Waals surface area contributed by atoms with E-state index in [1.165, 1.54) is 5.54 Å². The Bertz CT molecular complexity index is 435. The molecule has 16 heavy (non-hydrogen) atoms. The molecule has 0 amide bonds. The molecule has 0 aliphatic heterocycles. The second kappa shape index (κ2) is 6.04. The molecule has 0 heterocycles. The van der Waals surface area contributed by atoms with Gasteiger partial charge in [-0.15, -0.1) is 0 Å². The second-order valence-corrected chi connectivity index (χ2v) is 3.52. The number of nitriles is 1. The first-order valence-electron chi connectivity index (χ1n) is 4.79. The van der Waals surface area contributed by atoms with Crippen LogP contribution in [0.1, 0.15) is 12.5 Å². The number of hydrogen-bond acceptors (Lipinski definition) is 3. The predicted molar refractivity (Wildman–Crippen MR) is 65.8 cm³/mol. The van der Waals surface area contributed by atoms with Crippen LogP contribution < -0.4 is 10.1 Å². The van der Waals surface area contributed by atoms with Crippen molar-refractivity contribution in [3.63, 3.8) is 0 Å². The van der Waals surface area contributed by atoms with Crippen LogP contribution in [0.15, 0.2) is 29.3 Å². The fraction of sp³-hybridized carbons (Fsp3) is 0.250. The number of para-hydroxylation sites is 1. The number of rotatable bonds is 4. The highest BCUT2D eigenvalue weighted by Gasteiger charge is 2.07. The lowest BCUT2D eigenvalue weighted by molar-refractivity contribution is 0.416. The molecular formula is C12H13ClN2O. The van der Waals surface area contributed by atoms with E-state index in [0.717, 1.165) is 5.57 Å². The molecule has 0 saturated carbocycles. The number of nitrogens with one attached hydrogen (secondary N) is 1. The lowest BCUT2D eigenvalue weighted by Crippen LogP contribution is -2.05. The van der Waals surface area contributed by atoms with Crippen molar-refractivity contribution in [2.45, 2.75) is 6.92 Å². The van der Waals surface area contributed by atoms with Crippen LogP contribution >= 0.6 is 11.6 Å². The molecule has 0 bridgehead atoms. The van der Waals surface area contributed by atoms with Gasteiger partial charge in [0.15, 0.2) is 0 Å². The Morgan fingerprint density at radius 1 is 1.62 bits per heavy atom. The summed E-state index contributed by atoms with van der Waals surface area (Å²) >= 11 is 5.57. The second-order valence-electron chi connectivity index (χ2n) is 3.30. The van der Waals surface area contributed by atoms with Crippen LogP contribution in [0.25, 0.3) is 0 Å². The Morgan fingerprint density at radius 2 is 2.38 bits per heavy atom. The Balaban J connectivity index is 2.97. The van der Waals surface area contributed by atoms with E-state index < -0.39 is 0 Å².